The zero-order valence-corrected chi connectivity index (χ0v) is 15.9. The minimum Gasteiger partial charge on any atom is -0.342 e. The minimum atomic E-state index is -0.353. The van der Waals surface area contributed by atoms with Crippen LogP contribution in [0, 0.1) is 17.7 Å². The summed E-state index contributed by atoms with van der Waals surface area (Å²) in [5.74, 6) is 0.598. The van der Waals surface area contributed by atoms with Gasteiger partial charge in [0.25, 0.3) is 0 Å². The van der Waals surface area contributed by atoms with Crippen LogP contribution in [0.5, 0.6) is 0 Å². The van der Waals surface area contributed by atoms with Crippen molar-refractivity contribution in [3.8, 4) is 0 Å². The molecule has 1 aliphatic heterocycles. The van der Waals surface area contributed by atoms with Gasteiger partial charge in [-0.25, -0.2) is 4.39 Å². The minimum absolute atomic E-state index is 0. The Morgan fingerprint density at radius 3 is 2.64 bits per heavy atom. The molecule has 0 bridgehead atoms. The van der Waals surface area contributed by atoms with Gasteiger partial charge in [0, 0.05) is 18.6 Å². The van der Waals surface area contributed by atoms with E-state index in [1.165, 1.54) is 6.07 Å². The van der Waals surface area contributed by atoms with Crippen LogP contribution < -0.4 is 5.73 Å². The second-order valence-electron chi connectivity index (χ2n) is 7.91. The summed E-state index contributed by atoms with van der Waals surface area (Å²) in [7, 11) is 0. The van der Waals surface area contributed by atoms with Gasteiger partial charge in [-0.2, -0.15) is 0 Å². The molecule has 2 aliphatic rings. The molecule has 2 N–H and O–H groups in total. The molecule has 0 radical (unpaired) electrons. The molecule has 1 saturated carbocycles. The van der Waals surface area contributed by atoms with Crippen LogP contribution in [0.4, 0.5) is 4.39 Å². The molecular weight excluding hydrogens is 339 g/mol. The molecule has 2 unspecified atom stereocenters. The van der Waals surface area contributed by atoms with Gasteiger partial charge in [0.15, 0.2) is 0 Å². The van der Waals surface area contributed by atoms with E-state index in [2.05, 4.69) is 0 Å². The molecule has 1 aromatic rings. The molecule has 1 heterocycles. The van der Waals surface area contributed by atoms with Crippen LogP contribution in [0.3, 0.4) is 0 Å². The zero-order chi connectivity index (χ0) is 17.2. The van der Waals surface area contributed by atoms with Crippen LogP contribution in [0.15, 0.2) is 24.3 Å². The van der Waals surface area contributed by atoms with Crippen molar-refractivity contribution in [1.82, 2.24) is 4.90 Å². The van der Waals surface area contributed by atoms with E-state index in [9.17, 15) is 9.18 Å². The van der Waals surface area contributed by atoms with Crippen LogP contribution in [0.1, 0.15) is 51.0 Å². The van der Waals surface area contributed by atoms with Gasteiger partial charge in [0.1, 0.15) is 5.82 Å². The number of carbonyl (C=O) groups excluding carboxylic acids is 1. The molecule has 1 aromatic carbocycles. The van der Waals surface area contributed by atoms with E-state index in [1.54, 1.807) is 12.1 Å². The smallest absolute Gasteiger partial charge is 0.227 e. The maximum Gasteiger partial charge on any atom is 0.227 e. The average molecular weight is 369 g/mol. The fourth-order valence-corrected chi connectivity index (χ4v) is 4.34. The SMILES string of the molecule is CC1(N)CCCCC1C(=O)N1CCC(Cc2cccc(F)c2)CC1.Cl. The van der Waals surface area contributed by atoms with E-state index in [1.807, 2.05) is 17.9 Å². The van der Waals surface area contributed by atoms with E-state index in [-0.39, 0.29) is 35.6 Å². The van der Waals surface area contributed by atoms with Crippen molar-refractivity contribution in [3.05, 3.63) is 35.6 Å². The lowest BCUT2D eigenvalue weighted by molar-refractivity contribution is -0.140. The number of nitrogens with zero attached hydrogens (tertiary/aromatic N) is 1. The van der Waals surface area contributed by atoms with Crippen molar-refractivity contribution in [2.45, 2.75) is 57.4 Å². The first-order valence-electron chi connectivity index (χ1n) is 9.28. The molecule has 1 saturated heterocycles. The molecule has 1 amide bonds. The number of rotatable bonds is 3. The van der Waals surface area contributed by atoms with Crippen molar-refractivity contribution in [1.29, 1.82) is 0 Å². The van der Waals surface area contributed by atoms with Crippen molar-refractivity contribution in [2.75, 3.05) is 13.1 Å². The molecule has 140 valence electrons. The highest BCUT2D eigenvalue weighted by atomic mass is 35.5. The van der Waals surface area contributed by atoms with Crippen LogP contribution in [0.25, 0.3) is 0 Å². The molecule has 1 aliphatic carbocycles. The Morgan fingerprint density at radius 1 is 1.28 bits per heavy atom. The second-order valence-corrected chi connectivity index (χ2v) is 7.91. The molecule has 2 fully saturated rings. The van der Waals surface area contributed by atoms with Gasteiger partial charge in [-0.05, 0) is 62.6 Å². The zero-order valence-electron chi connectivity index (χ0n) is 15.0. The summed E-state index contributed by atoms with van der Waals surface area (Å²) in [6.07, 6.45) is 7.00. The summed E-state index contributed by atoms with van der Waals surface area (Å²) in [4.78, 5) is 14.9. The molecule has 3 rings (SSSR count). The fourth-order valence-electron chi connectivity index (χ4n) is 4.34. The van der Waals surface area contributed by atoms with Crippen LogP contribution >= 0.6 is 12.4 Å². The number of nitrogens with two attached hydrogens (primary N) is 1. The van der Waals surface area contributed by atoms with Gasteiger partial charge in [0.2, 0.25) is 5.91 Å². The van der Waals surface area contributed by atoms with Gasteiger partial charge >= 0.3 is 0 Å². The first-order chi connectivity index (χ1) is 11.5. The van der Waals surface area contributed by atoms with Crippen LogP contribution in [-0.2, 0) is 11.2 Å². The molecule has 5 heteroatoms. The van der Waals surface area contributed by atoms with E-state index in [4.69, 9.17) is 5.73 Å². The Balaban J connectivity index is 0.00000225. The Morgan fingerprint density at radius 2 is 2.00 bits per heavy atom. The number of likely N-dealkylation sites (tertiary alicyclic amines) is 1. The Bertz CT molecular complexity index is 585. The van der Waals surface area contributed by atoms with Crippen molar-refractivity contribution in [2.24, 2.45) is 17.6 Å². The first kappa shape index (κ1) is 20.2. The Hall–Kier alpha value is -1.13. The quantitative estimate of drug-likeness (QED) is 0.878. The molecule has 0 aromatic heterocycles. The summed E-state index contributed by atoms with van der Waals surface area (Å²) >= 11 is 0. The largest absolute Gasteiger partial charge is 0.342 e. The summed E-state index contributed by atoms with van der Waals surface area (Å²) in [5, 5.41) is 0. The Labute approximate surface area is 156 Å². The summed E-state index contributed by atoms with van der Waals surface area (Å²) < 4.78 is 13.3. The third-order valence-corrected chi connectivity index (χ3v) is 5.89. The number of halogens is 2. The van der Waals surface area contributed by atoms with Gasteiger partial charge in [-0.15, -0.1) is 12.4 Å². The molecule has 25 heavy (non-hydrogen) atoms. The van der Waals surface area contributed by atoms with Crippen molar-refractivity contribution < 1.29 is 9.18 Å². The number of benzene rings is 1. The standard InChI is InChI=1S/C20H29FN2O.ClH/c1-20(22)10-3-2-7-18(20)19(24)23-11-8-15(9-12-23)13-16-5-4-6-17(21)14-16;/h4-6,14-15,18H,2-3,7-13,22H2,1H3;1H. The van der Waals surface area contributed by atoms with Crippen LogP contribution in [-0.4, -0.2) is 29.4 Å². The average Bonchev–Trinajstić information content (AvgIpc) is 2.55. The third-order valence-electron chi connectivity index (χ3n) is 5.89. The second kappa shape index (κ2) is 8.50. The van der Waals surface area contributed by atoms with E-state index in [0.717, 1.165) is 63.6 Å². The highest BCUT2D eigenvalue weighted by Crippen LogP contribution is 2.34. The molecular formula is C20H30ClFN2O. The molecule has 3 nitrogen and oxygen atoms in total. The predicted molar refractivity (Wildman–Crippen MR) is 101 cm³/mol. The van der Waals surface area contributed by atoms with E-state index >= 15 is 0 Å². The normalized spacial score (nSPS) is 27.6. The predicted octanol–water partition coefficient (Wildman–Crippen LogP) is 3.94. The van der Waals surface area contributed by atoms with E-state index < -0.39 is 0 Å². The molecule has 0 spiro atoms. The lowest BCUT2D eigenvalue weighted by Gasteiger charge is -2.41. The number of amides is 1. The maximum absolute atomic E-state index is 13.3. The lowest BCUT2D eigenvalue weighted by Crippen LogP contribution is -2.54. The monoisotopic (exact) mass is 368 g/mol. The number of hydrogen-bond donors (Lipinski definition) is 1. The van der Waals surface area contributed by atoms with Gasteiger partial charge < -0.3 is 10.6 Å². The topological polar surface area (TPSA) is 46.3 Å². The highest BCUT2D eigenvalue weighted by Gasteiger charge is 2.40. The number of carbonyl (C=O) groups is 1. The van der Waals surface area contributed by atoms with E-state index in [0.29, 0.717) is 5.92 Å². The summed E-state index contributed by atoms with van der Waals surface area (Å²) in [6, 6.07) is 6.87. The lowest BCUT2D eigenvalue weighted by atomic mass is 9.73. The summed E-state index contributed by atoms with van der Waals surface area (Å²) in [6.45, 7) is 3.65. The Kier molecular flexibility index (Phi) is 6.86. The fraction of sp³-hybridized carbons (Fsp3) is 0.650. The third kappa shape index (κ3) is 4.95. The maximum atomic E-state index is 13.3. The van der Waals surface area contributed by atoms with Gasteiger partial charge in [0.05, 0.1) is 5.92 Å². The van der Waals surface area contributed by atoms with Gasteiger partial charge in [-0.1, -0.05) is 25.0 Å². The van der Waals surface area contributed by atoms with Crippen molar-refractivity contribution in [3.63, 3.8) is 0 Å². The van der Waals surface area contributed by atoms with Crippen molar-refractivity contribution >= 4 is 18.3 Å². The van der Waals surface area contributed by atoms with Gasteiger partial charge in [-0.3, -0.25) is 4.79 Å². The summed E-state index contributed by atoms with van der Waals surface area (Å²) in [5.41, 5.74) is 7.09. The highest BCUT2D eigenvalue weighted by molar-refractivity contribution is 5.85. The first-order valence-corrected chi connectivity index (χ1v) is 9.28. The number of piperidine rings is 1. The van der Waals surface area contributed by atoms with Crippen LogP contribution in [0.2, 0.25) is 0 Å². The molecule has 2 atom stereocenters. The number of hydrogen-bond acceptors (Lipinski definition) is 2.